The number of thioether (sulfide) groups is 1. The van der Waals surface area contributed by atoms with Crippen molar-refractivity contribution >= 4 is 34.4 Å². The molecule has 1 aromatic heterocycles. The molecule has 1 fully saturated rings. The largest absolute Gasteiger partial charge is 0.368 e. The molecule has 0 amide bonds. The highest BCUT2D eigenvalue weighted by atomic mass is 32.2. The number of hydrogen-bond donors (Lipinski definition) is 2. The van der Waals surface area contributed by atoms with Crippen LogP contribution < -0.4 is 11.1 Å². The van der Waals surface area contributed by atoms with Gasteiger partial charge in [-0.2, -0.15) is 16.7 Å². The summed E-state index contributed by atoms with van der Waals surface area (Å²) in [6, 6.07) is 8.50. The maximum atomic E-state index is 5.81. The lowest BCUT2D eigenvalue weighted by Crippen LogP contribution is -2.27. The van der Waals surface area contributed by atoms with E-state index in [0.717, 1.165) is 22.0 Å². The molecule has 0 saturated heterocycles. The first-order valence-electron chi connectivity index (χ1n) is 7.08. The SMILES string of the molecule is CSC1CCC(Nc2nc(N)nc3ccccc23)CC1. The van der Waals surface area contributed by atoms with Crippen molar-refractivity contribution in [3.8, 4) is 0 Å². The minimum absolute atomic E-state index is 0.337. The standard InChI is InChI=1S/C15H20N4S/c1-20-11-8-6-10(7-9-11)17-14-12-4-2-3-5-13(12)18-15(16)19-14/h2-5,10-11H,6-9H2,1H3,(H3,16,17,18,19). The van der Waals surface area contributed by atoms with Crippen LogP contribution in [0, 0.1) is 0 Å². The minimum Gasteiger partial charge on any atom is -0.368 e. The number of para-hydroxylation sites is 1. The third-order valence-corrected chi connectivity index (χ3v) is 5.11. The zero-order chi connectivity index (χ0) is 13.9. The molecule has 0 radical (unpaired) electrons. The molecule has 4 nitrogen and oxygen atoms in total. The fraction of sp³-hybridized carbons (Fsp3) is 0.467. The van der Waals surface area contributed by atoms with Gasteiger partial charge in [-0.05, 0) is 44.1 Å². The van der Waals surface area contributed by atoms with Crippen molar-refractivity contribution in [3.05, 3.63) is 24.3 Å². The van der Waals surface area contributed by atoms with E-state index in [4.69, 9.17) is 5.73 Å². The van der Waals surface area contributed by atoms with Gasteiger partial charge >= 0.3 is 0 Å². The van der Waals surface area contributed by atoms with Crippen LogP contribution in [0.25, 0.3) is 10.9 Å². The molecule has 0 unspecified atom stereocenters. The summed E-state index contributed by atoms with van der Waals surface area (Å²) < 4.78 is 0. The average molecular weight is 288 g/mol. The molecule has 0 atom stereocenters. The molecule has 3 rings (SSSR count). The number of anilines is 2. The number of aromatic nitrogens is 2. The van der Waals surface area contributed by atoms with Gasteiger partial charge in [0, 0.05) is 16.7 Å². The molecule has 106 valence electrons. The van der Waals surface area contributed by atoms with Gasteiger partial charge in [0.05, 0.1) is 5.52 Å². The zero-order valence-electron chi connectivity index (χ0n) is 11.7. The van der Waals surface area contributed by atoms with Crippen LogP contribution in [0.3, 0.4) is 0 Å². The van der Waals surface area contributed by atoms with Crippen LogP contribution in [0.15, 0.2) is 24.3 Å². The van der Waals surface area contributed by atoms with Crippen LogP contribution >= 0.6 is 11.8 Å². The maximum Gasteiger partial charge on any atom is 0.222 e. The highest BCUT2D eigenvalue weighted by Crippen LogP contribution is 2.30. The Bertz CT molecular complexity index is 593. The quantitative estimate of drug-likeness (QED) is 0.907. The predicted molar refractivity (Wildman–Crippen MR) is 87.1 cm³/mol. The Balaban J connectivity index is 1.81. The van der Waals surface area contributed by atoms with E-state index < -0.39 is 0 Å². The Morgan fingerprint density at radius 1 is 1.15 bits per heavy atom. The lowest BCUT2D eigenvalue weighted by molar-refractivity contribution is 0.472. The maximum absolute atomic E-state index is 5.81. The molecular weight excluding hydrogens is 268 g/mol. The summed E-state index contributed by atoms with van der Waals surface area (Å²) in [5.74, 6) is 1.21. The molecule has 3 N–H and O–H groups in total. The number of fused-ring (bicyclic) bond motifs is 1. The van der Waals surface area contributed by atoms with Crippen LogP contribution in [0.5, 0.6) is 0 Å². The molecule has 5 heteroatoms. The Morgan fingerprint density at radius 2 is 1.90 bits per heavy atom. The third-order valence-electron chi connectivity index (χ3n) is 3.97. The highest BCUT2D eigenvalue weighted by Gasteiger charge is 2.21. The van der Waals surface area contributed by atoms with Crippen LogP contribution in [-0.4, -0.2) is 27.5 Å². The molecule has 1 heterocycles. The van der Waals surface area contributed by atoms with Crippen LogP contribution in [0.4, 0.5) is 11.8 Å². The second kappa shape index (κ2) is 5.87. The van der Waals surface area contributed by atoms with Gasteiger partial charge in [0.15, 0.2) is 0 Å². The molecule has 1 aliphatic carbocycles. The van der Waals surface area contributed by atoms with Gasteiger partial charge in [-0.1, -0.05) is 12.1 Å². The van der Waals surface area contributed by atoms with Crippen molar-refractivity contribution in [1.82, 2.24) is 9.97 Å². The van der Waals surface area contributed by atoms with E-state index in [-0.39, 0.29) is 0 Å². The first-order valence-corrected chi connectivity index (χ1v) is 8.36. The van der Waals surface area contributed by atoms with E-state index in [9.17, 15) is 0 Å². The number of nitrogens with one attached hydrogen (secondary N) is 1. The molecular formula is C15H20N4S. The second-order valence-electron chi connectivity index (χ2n) is 5.30. The smallest absolute Gasteiger partial charge is 0.222 e. The number of nitrogen functional groups attached to an aromatic ring is 1. The van der Waals surface area contributed by atoms with E-state index in [1.54, 1.807) is 0 Å². The van der Waals surface area contributed by atoms with Gasteiger partial charge in [-0.15, -0.1) is 0 Å². The fourth-order valence-corrected chi connectivity index (χ4v) is 3.58. The summed E-state index contributed by atoms with van der Waals surface area (Å²) in [4.78, 5) is 8.66. The summed E-state index contributed by atoms with van der Waals surface area (Å²) in [6.45, 7) is 0. The fourth-order valence-electron chi connectivity index (χ4n) is 2.84. The lowest BCUT2D eigenvalue weighted by Gasteiger charge is -2.28. The number of hydrogen-bond acceptors (Lipinski definition) is 5. The summed E-state index contributed by atoms with van der Waals surface area (Å²) >= 11 is 1.99. The van der Waals surface area contributed by atoms with E-state index in [1.165, 1.54) is 25.7 Å². The van der Waals surface area contributed by atoms with E-state index >= 15 is 0 Å². The second-order valence-corrected chi connectivity index (χ2v) is 6.44. The molecule has 1 aliphatic rings. The summed E-state index contributed by atoms with van der Waals surface area (Å²) in [6.07, 6.45) is 7.15. The summed E-state index contributed by atoms with van der Waals surface area (Å²) in [7, 11) is 0. The van der Waals surface area contributed by atoms with Crippen molar-refractivity contribution < 1.29 is 0 Å². The first kappa shape index (κ1) is 13.5. The Morgan fingerprint density at radius 3 is 2.65 bits per heavy atom. The number of benzene rings is 1. The van der Waals surface area contributed by atoms with E-state index in [0.29, 0.717) is 12.0 Å². The molecule has 20 heavy (non-hydrogen) atoms. The third kappa shape index (κ3) is 2.82. The number of nitrogens with two attached hydrogens (primary N) is 1. The topological polar surface area (TPSA) is 63.8 Å². The van der Waals surface area contributed by atoms with E-state index in [1.807, 2.05) is 36.0 Å². The van der Waals surface area contributed by atoms with Crippen molar-refractivity contribution in [2.45, 2.75) is 37.0 Å². The van der Waals surface area contributed by atoms with Crippen LogP contribution in [-0.2, 0) is 0 Å². The molecule has 2 aromatic rings. The van der Waals surface area contributed by atoms with Gasteiger partial charge in [0.25, 0.3) is 0 Å². The molecule has 1 saturated carbocycles. The molecule has 0 aliphatic heterocycles. The average Bonchev–Trinajstić information content (AvgIpc) is 2.48. The van der Waals surface area contributed by atoms with Gasteiger partial charge in [0.2, 0.25) is 5.95 Å². The van der Waals surface area contributed by atoms with Gasteiger partial charge < -0.3 is 11.1 Å². The van der Waals surface area contributed by atoms with Gasteiger partial charge in [-0.3, -0.25) is 0 Å². The first-order chi connectivity index (χ1) is 9.76. The zero-order valence-corrected chi connectivity index (χ0v) is 12.5. The number of rotatable bonds is 3. The van der Waals surface area contributed by atoms with Gasteiger partial charge in [0.1, 0.15) is 5.82 Å². The molecule has 1 aromatic carbocycles. The summed E-state index contributed by atoms with van der Waals surface area (Å²) in [5, 5.41) is 5.44. The Kier molecular flexibility index (Phi) is 3.96. The van der Waals surface area contributed by atoms with Crippen molar-refractivity contribution in [2.24, 2.45) is 0 Å². The molecule has 0 bridgehead atoms. The van der Waals surface area contributed by atoms with Crippen molar-refractivity contribution in [3.63, 3.8) is 0 Å². The highest BCUT2D eigenvalue weighted by molar-refractivity contribution is 7.99. The van der Waals surface area contributed by atoms with Crippen LogP contribution in [0.2, 0.25) is 0 Å². The monoisotopic (exact) mass is 288 g/mol. The van der Waals surface area contributed by atoms with Crippen LogP contribution in [0.1, 0.15) is 25.7 Å². The Hall–Kier alpha value is -1.49. The normalized spacial score (nSPS) is 22.9. The molecule has 0 spiro atoms. The van der Waals surface area contributed by atoms with Crippen molar-refractivity contribution in [2.75, 3.05) is 17.3 Å². The lowest BCUT2D eigenvalue weighted by atomic mass is 9.95. The predicted octanol–water partition coefficient (Wildman–Crippen LogP) is 3.30. The van der Waals surface area contributed by atoms with Gasteiger partial charge in [-0.25, -0.2) is 4.98 Å². The van der Waals surface area contributed by atoms with E-state index in [2.05, 4.69) is 21.5 Å². The summed E-state index contributed by atoms with van der Waals surface area (Å²) in [5.41, 5.74) is 6.71. The van der Waals surface area contributed by atoms with Crippen molar-refractivity contribution in [1.29, 1.82) is 0 Å². The number of nitrogens with zero attached hydrogens (tertiary/aromatic N) is 2. The Labute approximate surface area is 123 Å². The minimum atomic E-state index is 0.337.